The fraction of sp³-hybridized carbons (Fsp3) is 0.647. The Kier molecular flexibility index (Phi) is 8.18. The fourth-order valence-corrected chi connectivity index (χ4v) is 2.53. The molecule has 6 nitrogen and oxygen atoms in total. The smallest absolute Gasteiger partial charge is 0.306 e. The Morgan fingerprint density at radius 1 is 1.17 bits per heavy atom. The molecule has 0 saturated carbocycles. The number of hydrogen-bond acceptors (Lipinski definition) is 6. The van der Waals surface area contributed by atoms with Gasteiger partial charge in [-0.3, -0.25) is 9.59 Å². The number of nitrogens with one attached hydrogen (secondary N) is 1. The summed E-state index contributed by atoms with van der Waals surface area (Å²) in [6.45, 7) is 9.55. The van der Waals surface area contributed by atoms with Crippen molar-refractivity contribution in [3.8, 4) is 0 Å². The zero-order valence-electron chi connectivity index (χ0n) is 15.3. The summed E-state index contributed by atoms with van der Waals surface area (Å²) in [6.07, 6.45) is 2.64. The topological polar surface area (TPSA) is 81.2 Å². The van der Waals surface area contributed by atoms with Gasteiger partial charge in [-0.15, -0.1) is 0 Å². The van der Waals surface area contributed by atoms with E-state index >= 15 is 0 Å². The van der Waals surface area contributed by atoms with E-state index < -0.39 is 5.97 Å². The summed E-state index contributed by atoms with van der Waals surface area (Å²) in [5, 5.41) is 3.53. The van der Waals surface area contributed by atoms with Crippen LogP contribution in [0.5, 0.6) is 0 Å². The number of carbonyl (C=O) groups is 2. The van der Waals surface area contributed by atoms with Gasteiger partial charge in [0.25, 0.3) is 5.91 Å². The van der Waals surface area contributed by atoms with E-state index in [-0.39, 0.29) is 25.0 Å². The van der Waals surface area contributed by atoms with E-state index in [9.17, 15) is 9.59 Å². The molecule has 0 spiro atoms. The van der Waals surface area contributed by atoms with Crippen molar-refractivity contribution in [3.05, 3.63) is 17.0 Å². The van der Waals surface area contributed by atoms with E-state index in [1.807, 2.05) is 40.9 Å². The van der Waals surface area contributed by atoms with Crippen molar-refractivity contribution in [2.24, 2.45) is 5.92 Å². The molecule has 0 radical (unpaired) electrons. The summed E-state index contributed by atoms with van der Waals surface area (Å²) >= 11 is 1.49. The van der Waals surface area contributed by atoms with Crippen molar-refractivity contribution in [2.75, 3.05) is 12.9 Å². The van der Waals surface area contributed by atoms with Crippen molar-refractivity contribution in [2.45, 2.75) is 58.7 Å². The number of thioether (sulfide) groups is 1. The SMILES string of the molecule is CSc1nc(C)c(CCC(=O)OCC(=O)N[C@@H](C)C(C)C)c(C)n1. The molecule has 1 aromatic heterocycles. The van der Waals surface area contributed by atoms with Crippen molar-refractivity contribution in [3.63, 3.8) is 0 Å². The number of aryl methyl sites for hydroxylation is 2. The predicted molar refractivity (Wildman–Crippen MR) is 95.0 cm³/mol. The normalized spacial score (nSPS) is 12.1. The maximum absolute atomic E-state index is 11.8. The van der Waals surface area contributed by atoms with Crippen LogP contribution in [0.3, 0.4) is 0 Å². The molecule has 134 valence electrons. The van der Waals surface area contributed by atoms with Crippen LogP contribution >= 0.6 is 11.8 Å². The van der Waals surface area contributed by atoms with E-state index in [1.54, 1.807) is 0 Å². The highest BCUT2D eigenvalue weighted by Gasteiger charge is 2.14. The molecule has 0 fully saturated rings. The van der Waals surface area contributed by atoms with E-state index in [4.69, 9.17) is 4.74 Å². The summed E-state index contributed by atoms with van der Waals surface area (Å²) in [5.41, 5.74) is 2.72. The molecule has 0 aromatic carbocycles. The van der Waals surface area contributed by atoms with Crippen molar-refractivity contribution < 1.29 is 14.3 Å². The molecule has 1 heterocycles. The highest BCUT2D eigenvalue weighted by atomic mass is 32.2. The molecule has 7 heteroatoms. The molecular weight excluding hydrogens is 326 g/mol. The quantitative estimate of drug-likeness (QED) is 0.439. The van der Waals surface area contributed by atoms with E-state index in [0.717, 1.165) is 22.1 Å². The first-order chi connectivity index (χ1) is 11.2. The average molecular weight is 353 g/mol. The standard InChI is InChI=1S/C17H27N3O3S/c1-10(2)11(3)18-15(21)9-23-16(22)8-7-14-12(4)19-17(24-6)20-13(14)5/h10-11H,7-9H2,1-6H3,(H,18,21)/t11-/m0/s1. The largest absolute Gasteiger partial charge is 0.456 e. The van der Waals surface area contributed by atoms with Crippen LogP contribution in [0.2, 0.25) is 0 Å². The molecule has 1 rings (SSSR count). The van der Waals surface area contributed by atoms with E-state index in [1.165, 1.54) is 11.8 Å². The monoisotopic (exact) mass is 353 g/mol. The maximum Gasteiger partial charge on any atom is 0.306 e. The lowest BCUT2D eigenvalue weighted by Crippen LogP contribution is -2.38. The van der Waals surface area contributed by atoms with Gasteiger partial charge in [-0.25, -0.2) is 9.97 Å². The number of carbonyl (C=O) groups excluding carboxylic acids is 2. The number of aromatic nitrogens is 2. The number of esters is 1. The van der Waals surface area contributed by atoms with Gasteiger partial charge in [-0.2, -0.15) is 0 Å². The van der Waals surface area contributed by atoms with E-state index in [2.05, 4.69) is 15.3 Å². The van der Waals surface area contributed by atoms with Crippen LogP contribution in [0.1, 0.15) is 44.1 Å². The van der Waals surface area contributed by atoms with Gasteiger partial charge >= 0.3 is 5.97 Å². The number of nitrogens with zero attached hydrogens (tertiary/aromatic N) is 2. The second-order valence-electron chi connectivity index (χ2n) is 6.12. The highest BCUT2D eigenvalue weighted by molar-refractivity contribution is 7.98. The summed E-state index contributed by atoms with van der Waals surface area (Å²) in [5.74, 6) is -0.334. The number of hydrogen-bond donors (Lipinski definition) is 1. The van der Waals surface area contributed by atoms with Crippen LogP contribution in [0.25, 0.3) is 0 Å². The molecule has 1 atom stereocenters. The first kappa shape index (κ1) is 20.4. The molecular formula is C17H27N3O3S. The summed E-state index contributed by atoms with van der Waals surface area (Å²) in [6, 6.07) is 0.0496. The third-order valence-electron chi connectivity index (χ3n) is 3.91. The Morgan fingerprint density at radius 3 is 2.25 bits per heavy atom. The van der Waals surface area contributed by atoms with Crippen LogP contribution in [-0.4, -0.2) is 40.7 Å². The molecule has 0 aliphatic heterocycles. The van der Waals surface area contributed by atoms with Gasteiger partial charge in [0.05, 0.1) is 0 Å². The number of amides is 1. The van der Waals surface area contributed by atoms with Gasteiger partial charge in [0.15, 0.2) is 11.8 Å². The van der Waals surface area contributed by atoms with Crippen LogP contribution in [0.4, 0.5) is 0 Å². The van der Waals surface area contributed by atoms with Gasteiger partial charge in [-0.05, 0) is 44.9 Å². The van der Waals surface area contributed by atoms with Crippen molar-refractivity contribution >= 4 is 23.6 Å². The lowest BCUT2D eigenvalue weighted by molar-refractivity contribution is -0.148. The third kappa shape index (κ3) is 6.47. The first-order valence-corrected chi connectivity index (χ1v) is 9.30. The van der Waals surface area contributed by atoms with Crippen LogP contribution in [-0.2, 0) is 20.7 Å². The molecule has 24 heavy (non-hydrogen) atoms. The van der Waals surface area contributed by atoms with Gasteiger partial charge in [0.2, 0.25) is 0 Å². The van der Waals surface area contributed by atoms with E-state index in [0.29, 0.717) is 12.3 Å². The minimum atomic E-state index is -0.393. The van der Waals surface area contributed by atoms with Gasteiger partial charge in [0, 0.05) is 23.9 Å². The van der Waals surface area contributed by atoms with Crippen LogP contribution in [0.15, 0.2) is 5.16 Å². The van der Waals surface area contributed by atoms with Crippen LogP contribution < -0.4 is 5.32 Å². The zero-order chi connectivity index (χ0) is 18.3. The summed E-state index contributed by atoms with van der Waals surface area (Å²) < 4.78 is 5.03. The fourth-order valence-electron chi connectivity index (χ4n) is 2.07. The van der Waals surface area contributed by atoms with Crippen LogP contribution in [0, 0.1) is 19.8 Å². The molecule has 0 aliphatic rings. The highest BCUT2D eigenvalue weighted by Crippen LogP contribution is 2.17. The second kappa shape index (κ2) is 9.61. The molecule has 0 unspecified atom stereocenters. The molecule has 1 amide bonds. The summed E-state index contributed by atoms with van der Waals surface area (Å²) in [7, 11) is 0. The Morgan fingerprint density at radius 2 is 1.75 bits per heavy atom. The van der Waals surface area contributed by atoms with Gasteiger partial charge in [0.1, 0.15) is 0 Å². The maximum atomic E-state index is 11.8. The lowest BCUT2D eigenvalue weighted by Gasteiger charge is -2.17. The molecule has 1 aromatic rings. The third-order valence-corrected chi connectivity index (χ3v) is 4.46. The molecule has 0 aliphatic carbocycles. The summed E-state index contributed by atoms with van der Waals surface area (Å²) in [4.78, 5) is 32.3. The Balaban J connectivity index is 2.46. The second-order valence-corrected chi connectivity index (χ2v) is 6.89. The van der Waals surface area contributed by atoms with Gasteiger partial charge < -0.3 is 10.1 Å². The van der Waals surface area contributed by atoms with Crippen molar-refractivity contribution in [1.82, 2.24) is 15.3 Å². The lowest BCUT2D eigenvalue weighted by atomic mass is 10.1. The number of rotatable bonds is 8. The Bertz CT molecular complexity index is 567. The first-order valence-electron chi connectivity index (χ1n) is 8.07. The van der Waals surface area contributed by atoms with Crippen molar-refractivity contribution in [1.29, 1.82) is 0 Å². The average Bonchev–Trinajstić information content (AvgIpc) is 2.51. The molecule has 0 saturated heterocycles. The minimum absolute atomic E-state index is 0.0496. The minimum Gasteiger partial charge on any atom is -0.456 e. The Hall–Kier alpha value is -1.63. The predicted octanol–water partition coefficient (Wildman–Crippen LogP) is 2.45. The zero-order valence-corrected chi connectivity index (χ0v) is 16.1. The molecule has 0 bridgehead atoms. The number of ether oxygens (including phenoxy) is 1. The Labute approximate surface area is 148 Å². The molecule has 1 N–H and O–H groups in total. The van der Waals surface area contributed by atoms with Gasteiger partial charge in [-0.1, -0.05) is 25.6 Å².